The Morgan fingerprint density at radius 1 is 1.67 bits per heavy atom. The molecular weight excluding hydrogens is 150 g/mol. The Kier molecular flexibility index (Phi) is 3.58. The molecule has 0 saturated heterocycles. The molecule has 3 atom stereocenters. The first-order valence-electron chi connectivity index (χ1n) is 4.61. The Morgan fingerprint density at radius 2 is 2.42 bits per heavy atom. The van der Waals surface area contributed by atoms with Crippen LogP contribution >= 0.6 is 0 Å². The molecular formula is C10H17NO. The molecule has 3 unspecified atom stereocenters. The lowest BCUT2D eigenvalue weighted by molar-refractivity contribution is 0.144. The van der Waals surface area contributed by atoms with E-state index >= 15 is 0 Å². The van der Waals surface area contributed by atoms with Crippen LogP contribution in [0.4, 0.5) is 0 Å². The zero-order valence-corrected chi connectivity index (χ0v) is 7.59. The molecule has 2 nitrogen and oxygen atoms in total. The smallest absolute Gasteiger partial charge is 0.0693 e. The fourth-order valence-electron chi connectivity index (χ4n) is 1.74. The van der Waals surface area contributed by atoms with E-state index in [0.29, 0.717) is 6.04 Å². The monoisotopic (exact) mass is 167 g/mol. The summed E-state index contributed by atoms with van der Waals surface area (Å²) in [5.74, 6) is 2.61. The van der Waals surface area contributed by atoms with Gasteiger partial charge in [-0.25, -0.2) is 0 Å². The van der Waals surface area contributed by atoms with Crippen LogP contribution in [-0.4, -0.2) is 23.3 Å². The summed E-state index contributed by atoms with van der Waals surface area (Å²) < 4.78 is 0. The molecule has 68 valence electrons. The van der Waals surface area contributed by atoms with Crippen LogP contribution in [0.3, 0.4) is 0 Å². The number of rotatable bonds is 3. The molecule has 0 amide bonds. The van der Waals surface area contributed by atoms with Crippen molar-refractivity contribution in [3.8, 4) is 12.3 Å². The highest BCUT2D eigenvalue weighted by atomic mass is 16.3. The minimum absolute atomic E-state index is 0.162. The molecule has 1 saturated carbocycles. The molecule has 2 heteroatoms. The van der Waals surface area contributed by atoms with E-state index in [2.05, 4.69) is 18.2 Å². The maximum atomic E-state index is 9.49. The van der Waals surface area contributed by atoms with Gasteiger partial charge in [-0.05, 0) is 26.2 Å². The highest BCUT2D eigenvalue weighted by Gasteiger charge is 2.25. The van der Waals surface area contributed by atoms with Crippen LogP contribution in [0.15, 0.2) is 0 Å². The van der Waals surface area contributed by atoms with E-state index in [-0.39, 0.29) is 12.1 Å². The summed E-state index contributed by atoms with van der Waals surface area (Å²) in [5, 5.41) is 12.8. The Bertz CT molecular complexity index is 173. The van der Waals surface area contributed by atoms with E-state index in [1.807, 2.05) is 0 Å². The van der Waals surface area contributed by atoms with Crippen LogP contribution in [0, 0.1) is 12.3 Å². The molecule has 0 aromatic heterocycles. The van der Waals surface area contributed by atoms with Gasteiger partial charge in [-0.1, -0.05) is 0 Å². The minimum atomic E-state index is -0.162. The van der Waals surface area contributed by atoms with Gasteiger partial charge in [0.1, 0.15) is 0 Å². The molecule has 1 fully saturated rings. The number of terminal acetylenes is 1. The lowest BCUT2D eigenvalue weighted by Gasteiger charge is -2.20. The molecule has 2 N–H and O–H groups in total. The molecule has 0 bridgehead atoms. The number of hydrogen-bond donors (Lipinski definition) is 2. The van der Waals surface area contributed by atoms with Crippen molar-refractivity contribution in [2.45, 2.75) is 50.8 Å². The maximum Gasteiger partial charge on any atom is 0.0693 e. The van der Waals surface area contributed by atoms with Gasteiger partial charge in [-0.3, -0.25) is 0 Å². The summed E-state index contributed by atoms with van der Waals surface area (Å²) in [6.07, 6.45) is 8.90. The molecule has 1 aliphatic carbocycles. The van der Waals surface area contributed by atoms with E-state index in [9.17, 15) is 5.11 Å². The quantitative estimate of drug-likeness (QED) is 0.612. The van der Waals surface area contributed by atoms with Crippen molar-refractivity contribution >= 4 is 0 Å². The van der Waals surface area contributed by atoms with Crippen molar-refractivity contribution in [2.75, 3.05) is 0 Å². The molecule has 0 aliphatic heterocycles. The van der Waals surface area contributed by atoms with Gasteiger partial charge >= 0.3 is 0 Å². The van der Waals surface area contributed by atoms with Gasteiger partial charge in [0, 0.05) is 18.5 Å². The predicted octanol–water partition coefficient (Wildman–Crippen LogP) is 0.901. The second kappa shape index (κ2) is 4.49. The second-order valence-electron chi connectivity index (χ2n) is 3.58. The average Bonchev–Trinajstić information content (AvgIpc) is 2.37. The van der Waals surface area contributed by atoms with Crippen molar-refractivity contribution < 1.29 is 5.11 Å². The van der Waals surface area contributed by atoms with E-state index in [0.717, 1.165) is 25.7 Å². The van der Waals surface area contributed by atoms with Gasteiger partial charge in [0.05, 0.1) is 6.10 Å². The third-order valence-electron chi connectivity index (χ3n) is 2.40. The van der Waals surface area contributed by atoms with Gasteiger partial charge in [-0.2, -0.15) is 0 Å². The molecule has 1 aliphatic rings. The first-order valence-corrected chi connectivity index (χ1v) is 4.61. The largest absolute Gasteiger partial charge is 0.392 e. The van der Waals surface area contributed by atoms with Crippen LogP contribution in [0.5, 0.6) is 0 Å². The maximum absolute atomic E-state index is 9.49. The number of aliphatic hydroxyl groups excluding tert-OH is 1. The SMILES string of the molecule is C#CCC(C)NC1CCCC1O. The third-order valence-corrected chi connectivity index (χ3v) is 2.40. The van der Waals surface area contributed by atoms with E-state index in [1.54, 1.807) is 0 Å². The number of hydrogen-bond acceptors (Lipinski definition) is 2. The summed E-state index contributed by atoms with van der Waals surface area (Å²) >= 11 is 0. The van der Waals surface area contributed by atoms with E-state index in [1.165, 1.54) is 0 Å². The van der Waals surface area contributed by atoms with Crippen molar-refractivity contribution in [3.05, 3.63) is 0 Å². The fourth-order valence-corrected chi connectivity index (χ4v) is 1.74. The molecule has 0 spiro atoms. The van der Waals surface area contributed by atoms with Crippen LogP contribution in [-0.2, 0) is 0 Å². The highest BCUT2D eigenvalue weighted by molar-refractivity contribution is 4.91. The van der Waals surface area contributed by atoms with Gasteiger partial charge < -0.3 is 10.4 Å². The standard InChI is InChI=1S/C10H17NO/c1-3-5-8(2)11-9-6-4-7-10(9)12/h1,8-12H,4-7H2,2H3. The summed E-state index contributed by atoms with van der Waals surface area (Å²) in [4.78, 5) is 0. The molecule has 0 radical (unpaired) electrons. The zero-order valence-electron chi connectivity index (χ0n) is 7.59. The Labute approximate surface area is 74.4 Å². The Balaban J connectivity index is 2.26. The minimum Gasteiger partial charge on any atom is -0.392 e. The van der Waals surface area contributed by atoms with Crippen molar-refractivity contribution in [1.29, 1.82) is 0 Å². The molecule has 0 heterocycles. The van der Waals surface area contributed by atoms with Crippen molar-refractivity contribution in [1.82, 2.24) is 5.32 Å². The predicted molar refractivity (Wildman–Crippen MR) is 49.7 cm³/mol. The molecule has 0 aromatic carbocycles. The summed E-state index contributed by atoms with van der Waals surface area (Å²) in [7, 11) is 0. The van der Waals surface area contributed by atoms with Crippen LogP contribution in [0.25, 0.3) is 0 Å². The average molecular weight is 167 g/mol. The summed E-state index contributed by atoms with van der Waals surface area (Å²) in [5.41, 5.74) is 0. The molecule has 12 heavy (non-hydrogen) atoms. The third kappa shape index (κ3) is 2.51. The van der Waals surface area contributed by atoms with Gasteiger partial charge in [0.2, 0.25) is 0 Å². The first-order chi connectivity index (χ1) is 5.74. The lowest BCUT2D eigenvalue weighted by Crippen LogP contribution is -2.41. The normalized spacial score (nSPS) is 31.4. The van der Waals surface area contributed by atoms with E-state index in [4.69, 9.17) is 6.42 Å². The topological polar surface area (TPSA) is 32.3 Å². The van der Waals surface area contributed by atoms with Crippen LogP contribution < -0.4 is 5.32 Å². The molecule has 0 aromatic rings. The zero-order chi connectivity index (χ0) is 8.97. The second-order valence-corrected chi connectivity index (χ2v) is 3.58. The summed E-state index contributed by atoms with van der Waals surface area (Å²) in [6, 6.07) is 0.598. The first kappa shape index (κ1) is 9.57. The Hall–Kier alpha value is -0.520. The lowest BCUT2D eigenvalue weighted by atomic mass is 10.1. The fraction of sp³-hybridized carbons (Fsp3) is 0.800. The van der Waals surface area contributed by atoms with Gasteiger partial charge in [-0.15, -0.1) is 12.3 Å². The number of nitrogens with one attached hydrogen (secondary N) is 1. The molecule has 1 rings (SSSR count). The van der Waals surface area contributed by atoms with Crippen molar-refractivity contribution in [3.63, 3.8) is 0 Å². The Morgan fingerprint density at radius 3 is 2.92 bits per heavy atom. The van der Waals surface area contributed by atoms with Crippen molar-refractivity contribution in [2.24, 2.45) is 0 Å². The summed E-state index contributed by atoms with van der Waals surface area (Å²) in [6.45, 7) is 2.06. The van der Waals surface area contributed by atoms with Gasteiger partial charge in [0.15, 0.2) is 0 Å². The van der Waals surface area contributed by atoms with Gasteiger partial charge in [0.25, 0.3) is 0 Å². The van der Waals surface area contributed by atoms with Crippen LogP contribution in [0.2, 0.25) is 0 Å². The highest BCUT2D eigenvalue weighted by Crippen LogP contribution is 2.19. The van der Waals surface area contributed by atoms with Crippen LogP contribution in [0.1, 0.15) is 32.6 Å². The number of aliphatic hydroxyl groups is 1. The van der Waals surface area contributed by atoms with E-state index < -0.39 is 0 Å².